The molecule has 3 nitrogen and oxygen atoms in total. The first kappa shape index (κ1) is 18.9. The summed E-state index contributed by atoms with van der Waals surface area (Å²) in [7, 11) is 0. The Morgan fingerprint density at radius 3 is 2.68 bits per heavy atom. The number of amides is 1. The molecule has 1 heterocycles. The van der Waals surface area contributed by atoms with Gasteiger partial charge in [0.15, 0.2) is 0 Å². The molecule has 2 rings (SSSR count). The van der Waals surface area contributed by atoms with Crippen molar-refractivity contribution in [3.05, 3.63) is 35.6 Å². The molecule has 0 radical (unpaired) electrons. The van der Waals surface area contributed by atoms with Crippen LogP contribution in [0.3, 0.4) is 0 Å². The third kappa shape index (κ3) is 4.96. The van der Waals surface area contributed by atoms with Gasteiger partial charge in [-0.05, 0) is 56.5 Å². The van der Waals surface area contributed by atoms with Gasteiger partial charge in [-0.1, -0.05) is 19.1 Å². The average Bonchev–Trinajstić information content (AvgIpc) is 2.52. The fourth-order valence-electron chi connectivity index (χ4n) is 2.90. The summed E-state index contributed by atoms with van der Waals surface area (Å²) in [6, 6.07) is 6.36. The fraction of sp³-hybridized carbons (Fsp3) is 0.588. The summed E-state index contributed by atoms with van der Waals surface area (Å²) >= 11 is 0. The number of carbonyl (C=O) groups excluding carboxylic acids is 1. The van der Waals surface area contributed by atoms with Crippen molar-refractivity contribution in [2.45, 2.75) is 32.6 Å². The fourth-order valence-corrected chi connectivity index (χ4v) is 2.90. The number of nitrogens with zero attached hydrogens (tertiary/aromatic N) is 1. The van der Waals surface area contributed by atoms with Crippen molar-refractivity contribution in [1.29, 1.82) is 0 Å². The van der Waals surface area contributed by atoms with E-state index >= 15 is 0 Å². The first-order chi connectivity index (χ1) is 10.1. The summed E-state index contributed by atoms with van der Waals surface area (Å²) in [6.07, 6.45) is 2.10. The van der Waals surface area contributed by atoms with Gasteiger partial charge >= 0.3 is 0 Å². The van der Waals surface area contributed by atoms with Gasteiger partial charge in [0.2, 0.25) is 5.91 Å². The van der Waals surface area contributed by atoms with E-state index in [-0.39, 0.29) is 30.0 Å². The Bertz CT molecular complexity index is 475. The van der Waals surface area contributed by atoms with Crippen molar-refractivity contribution in [3.8, 4) is 0 Å². The molecular formula is C17H26ClFN2O. The van der Waals surface area contributed by atoms with Crippen LogP contribution in [0.4, 0.5) is 4.39 Å². The van der Waals surface area contributed by atoms with Crippen molar-refractivity contribution in [2.75, 3.05) is 26.2 Å². The number of rotatable bonds is 5. The topological polar surface area (TPSA) is 32.3 Å². The lowest BCUT2D eigenvalue weighted by Gasteiger charge is -2.33. The molecule has 0 spiro atoms. The van der Waals surface area contributed by atoms with Gasteiger partial charge in [-0.2, -0.15) is 0 Å². The average molecular weight is 329 g/mol. The molecule has 1 amide bonds. The Morgan fingerprint density at radius 2 is 2.09 bits per heavy atom. The van der Waals surface area contributed by atoms with Gasteiger partial charge in [-0.3, -0.25) is 4.79 Å². The highest BCUT2D eigenvalue weighted by Crippen LogP contribution is 2.23. The molecule has 5 heteroatoms. The largest absolute Gasteiger partial charge is 0.342 e. The van der Waals surface area contributed by atoms with Gasteiger partial charge < -0.3 is 10.2 Å². The molecule has 1 saturated heterocycles. The maximum atomic E-state index is 13.3. The second kappa shape index (κ2) is 9.11. The highest BCUT2D eigenvalue weighted by molar-refractivity contribution is 5.85. The van der Waals surface area contributed by atoms with Gasteiger partial charge in [0.05, 0.1) is 5.92 Å². The van der Waals surface area contributed by atoms with E-state index in [4.69, 9.17) is 0 Å². The van der Waals surface area contributed by atoms with Crippen LogP contribution in [0.25, 0.3) is 0 Å². The quantitative estimate of drug-likeness (QED) is 0.900. The third-order valence-corrected chi connectivity index (χ3v) is 4.33. The summed E-state index contributed by atoms with van der Waals surface area (Å²) < 4.78 is 13.3. The zero-order valence-electron chi connectivity index (χ0n) is 13.3. The SMILES string of the molecule is CCNCC1CCN(C(=O)C(C)c2cccc(F)c2)CC1.Cl. The van der Waals surface area contributed by atoms with E-state index in [0.717, 1.165) is 44.6 Å². The van der Waals surface area contributed by atoms with Crippen molar-refractivity contribution in [3.63, 3.8) is 0 Å². The van der Waals surface area contributed by atoms with Crippen LogP contribution in [-0.4, -0.2) is 37.0 Å². The number of hydrogen-bond acceptors (Lipinski definition) is 2. The Labute approximate surface area is 138 Å². The van der Waals surface area contributed by atoms with Gasteiger partial charge in [0.1, 0.15) is 5.82 Å². The Hall–Kier alpha value is -1.13. The molecule has 0 aliphatic carbocycles. The van der Waals surface area contributed by atoms with E-state index in [2.05, 4.69) is 12.2 Å². The summed E-state index contributed by atoms with van der Waals surface area (Å²) in [5.74, 6) is 0.225. The zero-order valence-corrected chi connectivity index (χ0v) is 14.2. The second-order valence-corrected chi connectivity index (χ2v) is 5.85. The molecular weight excluding hydrogens is 303 g/mol. The lowest BCUT2D eigenvalue weighted by atomic mass is 9.94. The zero-order chi connectivity index (χ0) is 15.2. The van der Waals surface area contributed by atoms with Gasteiger partial charge in [-0.25, -0.2) is 4.39 Å². The number of halogens is 2. The van der Waals surface area contributed by atoms with E-state index in [1.54, 1.807) is 6.07 Å². The lowest BCUT2D eigenvalue weighted by Crippen LogP contribution is -2.42. The number of carbonyl (C=O) groups is 1. The maximum Gasteiger partial charge on any atom is 0.229 e. The minimum absolute atomic E-state index is 0. The van der Waals surface area contributed by atoms with E-state index in [1.807, 2.05) is 17.9 Å². The minimum atomic E-state index is -0.281. The summed E-state index contributed by atoms with van der Waals surface area (Å²) in [5.41, 5.74) is 0.759. The van der Waals surface area contributed by atoms with Crippen LogP contribution in [0.15, 0.2) is 24.3 Å². The lowest BCUT2D eigenvalue weighted by molar-refractivity contribution is -0.133. The van der Waals surface area contributed by atoms with Crippen LogP contribution in [-0.2, 0) is 4.79 Å². The predicted molar refractivity (Wildman–Crippen MR) is 89.9 cm³/mol. The molecule has 0 bridgehead atoms. The Balaban J connectivity index is 0.00000242. The van der Waals surface area contributed by atoms with Crippen molar-refractivity contribution in [2.24, 2.45) is 5.92 Å². The number of benzene rings is 1. The van der Waals surface area contributed by atoms with Crippen LogP contribution in [0, 0.1) is 11.7 Å². The Kier molecular flexibility index (Phi) is 7.83. The molecule has 1 unspecified atom stereocenters. The first-order valence-corrected chi connectivity index (χ1v) is 7.86. The molecule has 1 fully saturated rings. The molecule has 1 atom stereocenters. The number of hydrogen-bond donors (Lipinski definition) is 1. The molecule has 1 aromatic rings. The van der Waals surface area contributed by atoms with Gasteiger partial charge in [-0.15, -0.1) is 12.4 Å². The van der Waals surface area contributed by atoms with Crippen LogP contribution in [0.5, 0.6) is 0 Å². The minimum Gasteiger partial charge on any atom is -0.342 e. The van der Waals surface area contributed by atoms with E-state index < -0.39 is 0 Å². The van der Waals surface area contributed by atoms with E-state index in [0.29, 0.717) is 5.92 Å². The first-order valence-electron chi connectivity index (χ1n) is 7.86. The van der Waals surface area contributed by atoms with Crippen molar-refractivity contribution in [1.82, 2.24) is 10.2 Å². The smallest absolute Gasteiger partial charge is 0.229 e. The molecule has 124 valence electrons. The number of likely N-dealkylation sites (tertiary alicyclic amines) is 1. The highest BCUT2D eigenvalue weighted by Gasteiger charge is 2.26. The molecule has 1 N–H and O–H groups in total. The Morgan fingerprint density at radius 1 is 1.41 bits per heavy atom. The summed E-state index contributed by atoms with van der Waals surface area (Å²) in [4.78, 5) is 14.4. The van der Waals surface area contributed by atoms with E-state index in [9.17, 15) is 9.18 Å². The third-order valence-electron chi connectivity index (χ3n) is 4.33. The number of nitrogens with one attached hydrogen (secondary N) is 1. The van der Waals surface area contributed by atoms with Crippen molar-refractivity contribution < 1.29 is 9.18 Å². The molecule has 1 aromatic carbocycles. The standard InChI is InChI=1S/C17H25FN2O.ClH/c1-3-19-12-14-7-9-20(10-8-14)17(21)13(2)15-5-4-6-16(18)11-15;/h4-6,11,13-14,19H,3,7-10,12H2,1-2H3;1H. The summed E-state index contributed by atoms with van der Waals surface area (Å²) in [5, 5.41) is 3.37. The van der Waals surface area contributed by atoms with Gasteiger partial charge in [0, 0.05) is 13.1 Å². The van der Waals surface area contributed by atoms with Crippen molar-refractivity contribution >= 4 is 18.3 Å². The van der Waals surface area contributed by atoms with Crippen LogP contribution in [0.1, 0.15) is 38.2 Å². The summed E-state index contributed by atoms with van der Waals surface area (Å²) in [6.45, 7) is 7.64. The molecule has 1 aliphatic heterocycles. The monoisotopic (exact) mass is 328 g/mol. The van der Waals surface area contributed by atoms with Gasteiger partial charge in [0.25, 0.3) is 0 Å². The maximum absolute atomic E-state index is 13.3. The normalized spacial score (nSPS) is 17.0. The van der Waals surface area contributed by atoms with E-state index in [1.165, 1.54) is 12.1 Å². The second-order valence-electron chi connectivity index (χ2n) is 5.85. The van der Waals surface area contributed by atoms with Crippen LogP contribution < -0.4 is 5.32 Å². The van der Waals surface area contributed by atoms with Crippen LogP contribution in [0.2, 0.25) is 0 Å². The highest BCUT2D eigenvalue weighted by atomic mass is 35.5. The van der Waals surface area contributed by atoms with Crippen LogP contribution >= 0.6 is 12.4 Å². The molecule has 0 saturated carbocycles. The predicted octanol–water partition coefficient (Wildman–Crippen LogP) is 3.20. The molecule has 1 aliphatic rings. The number of piperidine rings is 1. The molecule has 22 heavy (non-hydrogen) atoms. The molecule has 0 aromatic heterocycles.